The van der Waals surface area contributed by atoms with Crippen molar-refractivity contribution in [2.45, 2.75) is 54.3 Å². The maximum atomic E-state index is 6.25. The zero-order valence-electron chi connectivity index (χ0n) is 19.2. The van der Waals surface area contributed by atoms with Gasteiger partial charge in [0.1, 0.15) is 16.9 Å². The molecule has 0 N–H and O–H groups in total. The Balaban J connectivity index is 1.80. The van der Waals surface area contributed by atoms with Crippen LogP contribution in [0.3, 0.4) is 0 Å². The number of fused-ring (bicyclic) bond motifs is 2. The van der Waals surface area contributed by atoms with Gasteiger partial charge in [0.05, 0.1) is 39.7 Å². The first-order valence-electron chi connectivity index (χ1n) is 10.5. The van der Waals surface area contributed by atoms with E-state index >= 15 is 0 Å². The second-order valence-electron chi connectivity index (χ2n) is 9.21. The van der Waals surface area contributed by atoms with Gasteiger partial charge in [-0.25, -0.2) is 9.97 Å². The molecule has 0 saturated heterocycles. The minimum atomic E-state index is 0.0720. The van der Waals surface area contributed by atoms with Crippen molar-refractivity contribution in [3.8, 4) is 16.3 Å². The summed E-state index contributed by atoms with van der Waals surface area (Å²) in [6.45, 7) is 13.3. The molecule has 0 amide bonds. The fraction of sp³-hybridized carbons (Fsp3) is 0.400. The largest absolute Gasteiger partial charge is 0.490 e. The van der Waals surface area contributed by atoms with Crippen LogP contribution in [-0.2, 0) is 11.3 Å². The number of methoxy groups -OCH3 is 1. The van der Waals surface area contributed by atoms with Crippen LogP contribution in [0.2, 0.25) is 0 Å². The van der Waals surface area contributed by atoms with Crippen LogP contribution in [0.15, 0.2) is 30.5 Å². The molecule has 0 fully saturated rings. The molecule has 1 atom stereocenters. The molecule has 5 nitrogen and oxygen atoms in total. The fourth-order valence-electron chi connectivity index (χ4n) is 3.41. The van der Waals surface area contributed by atoms with Gasteiger partial charge in [-0.15, -0.1) is 11.3 Å². The smallest absolute Gasteiger partial charge is 0.126 e. The van der Waals surface area contributed by atoms with Crippen LogP contribution in [0.4, 0.5) is 0 Å². The number of nitrogens with zero attached hydrogens (tertiary/aromatic N) is 3. The standard InChI is InChI=1S/C25H29N3O2S/c1-14-8-19(23-20(9-14)27-17(12-26-23)13-29-7)24-28-22-15(2)10-18(11-21(22)31-24)30-16(3)25(4,5)6/h8-12,16H,13H2,1-7H3. The van der Waals surface area contributed by atoms with Crippen LogP contribution in [-0.4, -0.2) is 28.2 Å². The molecule has 162 valence electrons. The zero-order valence-corrected chi connectivity index (χ0v) is 20.1. The maximum absolute atomic E-state index is 6.25. The van der Waals surface area contributed by atoms with Crippen molar-refractivity contribution in [1.29, 1.82) is 0 Å². The first-order valence-corrected chi connectivity index (χ1v) is 11.3. The molecule has 0 aliphatic rings. The second kappa shape index (κ2) is 8.17. The summed E-state index contributed by atoms with van der Waals surface area (Å²) in [5.74, 6) is 0.890. The Bertz CT molecular complexity index is 1260. The number of aryl methyl sites for hydroxylation is 2. The van der Waals surface area contributed by atoms with E-state index in [9.17, 15) is 0 Å². The number of thiazole rings is 1. The first kappa shape index (κ1) is 21.7. The van der Waals surface area contributed by atoms with Crippen LogP contribution < -0.4 is 4.74 Å². The van der Waals surface area contributed by atoms with Crippen LogP contribution in [0.5, 0.6) is 5.75 Å². The predicted molar refractivity (Wildman–Crippen MR) is 128 cm³/mol. The fourth-order valence-corrected chi connectivity index (χ4v) is 4.50. The van der Waals surface area contributed by atoms with E-state index in [1.54, 1.807) is 24.6 Å². The molecule has 0 aliphatic heterocycles. The lowest BCUT2D eigenvalue weighted by atomic mass is 9.90. The first-order chi connectivity index (χ1) is 14.7. The number of hydrogen-bond donors (Lipinski definition) is 0. The quantitative estimate of drug-likeness (QED) is 0.359. The lowest BCUT2D eigenvalue weighted by Crippen LogP contribution is -2.28. The van der Waals surface area contributed by atoms with Gasteiger partial charge in [0, 0.05) is 12.7 Å². The summed E-state index contributed by atoms with van der Waals surface area (Å²) < 4.78 is 12.6. The van der Waals surface area contributed by atoms with Crippen molar-refractivity contribution in [1.82, 2.24) is 15.0 Å². The van der Waals surface area contributed by atoms with Crippen molar-refractivity contribution in [3.63, 3.8) is 0 Å². The van der Waals surface area contributed by atoms with E-state index in [0.29, 0.717) is 6.61 Å². The Labute approximate surface area is 187 Å². The van der Waals surface area contributed by atoms with Gasteiger partial charge < -0.3 is 9.47 Å². The minimum absolute atomic E-state index is 0.0720. The molecule has 2 aromatic heterocycles. The summed E-state index contributed by atoms with van der Waals surface area (Å²) in [7, 11) is 1.66. The third-order valence-electron chi connectivity index (χ3n) is 5.55. The SMILES string of the molecule is COCc1cnc2c(-c3nc4c(C)cc(OC(C)C(C)(C)C)cc4s3)cc(C)cc2n1. The Morgan fingerprint density at radius 2 is 1.81 bits per heavy atom. The highest BCUT2D eigenvalue weighted by atomic mass is 32.1. The van der Waals surface area contributed by atoms with E-state index in [2.05, 4.69) is 65.8 Å². The van der Waals surface area contributed by atoms with Crippen molar-refractivity contribution in [3.05, 3.63) is 47.3 Å². The molecule has 0 aliphatic carbocycles. The van der Waals surface area contributed by atoms with Gasteiger partial charge in [0.15, 0.2) is 0 Å². The second-order valence-corrected chi connectivity index (χ2v) is 10.2. The van der Waals surface area contributed by atoms with Gasteiger partial charge in [-0.1, -0.05) is 20.8 Å². The third-order valence-corrected chi connectivity index (χ3v) is 6.59. The maximum Gasteiger partial charge on any atom is 0.126 e. The van der Waals surface area contributed by atoms with Gasteiger partial charge in [-0.2, -0.15) is 0 Å². The summed E-state index contributed by atoms with van der Waals surface area (Å²) >= 11 is 1.67. The molecular weight excluding hydrogens is 406 g/mol. The van der Waals surface area contributed by atoms with Crippen LogP contribution in [0, 0.1) is 19.3 Å². The Hall–Kier alpha value is -2.57. The molecule has 6 heteroatoms. The molecule has 4 aromatic rings. The highest BCUT2D eigenvalue weighted by Crippen LogP contribution is 2.38. The van der Waals surface area contributed by atoms with Crippen molar-refractivity contribution < 1.29 is 9.47 Å². The van der Waals surface area contributed by atoms with Gasteiger partial charge in [-0.3, -0.25) is 4.98 Å². The minimum Gasteiger partial charge on any atom is -0.490 e. The van der Waals surface area contributed by atoms with E-state index in [1.165, 1.54) is 0 Å². The summed E-state index contributed by atoms with van der Waals surface area (Å²) in [4.78, 5) is 14.4. The molecule has 0 radical (unpaired) electrons. The third kappa shape index (κ3) is 4.41. The normalized spacial score (nSPS) is 13.1. The van der Waals surface area contributed by atoms with E-state index in [-0.39, 0.29) is 11.5 Å². The van der Waals surface area contributed by atoms with E-state index in [0.717, 1.165) is 54.4 Å². The van der Waals surface area contributed by atoms with E-state index in [1.807, 2.05) is 0 Å². The summed E-state index contributed by atoms with van der Waals surface area (Å²) in [6, 6.07) is 8.38. The molecule has 4 rings (SSSR count). The molecule has 2 heterocycles. The van der Waals surface area contributed by atoms with Crippen LogP contribution in [0.25, 0.3) is 31.8 Å². The van der Waals surface area contributed by atoms with Crippen LogP contribution in [0.1, 0.15) is 44.5 Å². The topological polar surface area (TPSA) is 57.1 Å². The molecule has 31 heavy (non-hydrogen) atoms. The Kier molecular flexibility index (Phi) is 5.71. The molecule has 2 aromatic carbocycles. The Morgan fingerprint density at radius 3 is 2.52 bits per heavy atom. The number of aromatic nitrogens is 3. The number of benzene rings is 2. The molecule has 1 unspecified atom stereocenters. The summed E-state index contributed by atoms with van der Waals surface area (Å²) in [6.07, 6.45) is 1.89. The lowest BCUT2D eigenvalue weighted by Gasteiger charge is -2.28. The highest BCUT2D eigenvalue weighted by molar-refractivity contribution is 7.21. The van der Waals surface area contributed by atoms with Gasteiger partial charge in [-0.05, 0) is 61.6 Å². The monoisotopic (exact) mass is 435 g/mol. The zero-order chi connectivity index (χ0) is 22.3. The van der Waals surface area contributed by atoms with E-state index < -0.39 is 0 Å². The van der Waals surface area contributed by atoms with Crippen molar-refractivity contribution in [2.75, 3.05) is 7.11 Å². The van der Waals surface area contributed by atoms with Gasteiger partial charge in [0.25, 0.3) is 0 Å². The highest BCUT2D eigenvalue weighted by Gasteiger charge is 2.22. The number of ether oxygens (including phenoxy) is 2. The van der Waals surface area contributed by atoms with Crippen molar-refractivity contribution in [2.24, 2.45) is 5.41 Å². The number of hydrogen-bond acceptors (Lipinski definition) is 6. The van der Waals surface area contributed by atoms with E-state index in [4.69, 9.17) is 24.4 Å². The molecular formula is C25H29N3O2S. The number of rotatable bonds is 5. The van der Waals surface area contributed by atoms with Crippen LogP contribution >= 0.6 is 11.3 Å². The molecule has 0 bridgehead atoms. The average molecular weight is 436 g/mol. The molecule has 0 saturated carbocycles. The van der Waals surface area contributed by atoms with Crippen molar-refractivity contribution >= 4 is 32.6 Å². The summed E-state index contributed by atoms with van der Waals surface area (Å²) in [5.41, 5.74) is 6.88. The lowest BCUT2D eigenvalue weighted by molar-refractivity contribution is 0.104. The molecule has 0 spiro atoms. The summed E-state index contributed by atoms with van der Waals surface area (Å²) in [5, 5.41) is 0.946. The van der Waals surface area contributed by atoms with Gasteiger partial charge in [0.2, 0.25) is 0 Å². The Morgan fingerprint density at radius 1 is 1.03 bits per heavy atom. The average Bonchev–Trinajstić information content (AvgIpc) is 3.11. The van der Waals surface area contributed by atoms with Gasteiger partial charge >= 0.3 is 0 Å². The predicted octanol–water partition coefficient (Wildman–Crippen LogP) is 6.48.